The molecule has 100 valence electrons. The molecule has 0 saturated heterocycles. The lowest BCUT2D eigenvalue weighted by molar-refractivity contribution is -0.128. The third-order valence-corrected chi connectivity index (χ3v) is 3.80. The van der Waals surface area contributed by atoms with Crippen LogP contribution in [0.2, 0.25) is 0 Å². The number of carbonyl (C=O) groups is 1. The monoisotopic (exact) mass is 251 g/mol. The van der Waals surface area contributed by atoms with Crippen molar-refractivity contribution < 1.29 is 4.79 Å². The van der Waals surface area contributed by atoms with Gasteiger partial charge < -0.3 is 15.6 Å². The van der Waals surface area contributed by atoms with E-state index in [9.17, 15) is 4.79 Å². The summed E-state index contributed by atoms with van der Waals surface area (Å²) < 4.78 is 1.79. The van der Waals surface area contributed by atoms with Crippen LogP contribution < -0.4 is 11.1 Å². The third kappa shape index (κ3) is 2.69. The van der Waals surface area contributed by atoms with Crippen LogP contribution in [-0.4, -0.2) is 26.2 Å². The van der Waals surface area contributed by atoms with Crippen LogP contribution >= 0.6 is 0 Å². The van der Waals surface area contributed by atoms with E-state index in [0.717, 1.165) is 31.5 Å². The van der Waals surface area contributed by atoms with Crippen LogP contribution in [0.3, 0.4) is 0 Å². The molecule has 0 spiro atoms. The zero-order chi connectivity index (χ0) is 13.2. The molecule has 2 atom stereocenters. The molecule has 1 amide bonds. The van der Waals surface area contributed by atoms with Crippen LogP contribution in [0.25, 0.3) is 0 Å². The molecule has 1 heterocycles. The first kappa shape index (κ1) is 13.0. The number of hydrogen-bond acceptors (Lipinski definition) is 4. The second-order valence-corrected chi connectivity index (χ2v) is 5.38. The average molecular weight is 251 g/mol. The minimum absolute atomic E-state index is 0.0303. The molecule has 0 aliphatic heterocycles. The lowest BCUT2D eigenvalue weighted by Crippen LogP contribution is -2.52. The standard InChI is InChI=1S/C12H21N5O/c1-12(13)6-4-3-5-9(12)11(18)14-7-10-16-15-8-17(10)2/h8-9H,3-7,13H2,1-2H3,(H,14,18). The van der Waals surface area contributed by atoms with Gasteiger partial charge in [0.15, 0.2) is 5.82 Å². The molecule has 2 unspecified atom stereocenters. The van der Waals surface area contributed by atoms with Crippen LogP contribution in [0.5, 0.6) is 0 Å². The van der Waals surface area contributed by atoms with Crippen LogP contribution in [0.4, 0.5) is 0 Å². The maximum Gasteiger partial charge on any atom is 0.225 e. The molecule has 2 rings (SSSR count). The molecule has 1 aliphatic rings. The fourth-order valence-corrected chi connectivity index (χ4v) is 2.55. The second-order valence-electron chi connectivity index (χ2n) is 5.38. The van der Waals surface area contributed by atoms with Gasteiger partial charge in [-0.3, -0.25) is 4.79 Å². The van der Waals surface area contributed by atoms with Gasteiger partial charge in [-0.1, -0.05) is 12.8 Å². The Morgan fingerprint density at radius 2 is 2.44 bits per heavy atom. The molecular formula is C12H21N5O. The minimum Gasteiger partial charge on any atom is -0.348 e. The molecule has 3 N–H and O–H groups in total. The topological polar surface area (TPSA) is 85.8 Å². The van der Waals surface area contributed by atoms with Crippen molar-refractivity contribution in [3.05, 3.63) is 12.2 Å². The van der Waals surface area contributed by atoms with Crippen LogP contribution in [-0.2, 0) is 18.4 Å². The number of rotatable bonds is 3. The van der Waals surface area contributed by atoms with Gasteiger partial charge in [0.2, 0.25) is 5.91 Å². The predicted molar refractivity (Wildman–Crippen MR) is 67.4 cm³/mol. The first-order valence-corrected chi connectivity index (χ1v) is 6.40. The fourth-order valence-electron chi connectivity index (χ4n) is 2.55. The Morgan fingerprint density at radius 1 is 1.67 bits per heavy atom. The van der Waals surface area contributed by atoms with Crippen molar-refractivity contribution in [2.45, 2.75) is 44.7 Å². The minimum atomic E-state index is -0.387. The van der Waals surface area contributed by atoms with Gasteiger partial charge in [0.1, 0.15) is 6.33 Å². The summed E-state index contributed by atoms with van der Waals surface area (Å²) >= 11 is 0. The molecule has 6 heteroatoms. The molecule has 18 heavy (non-hydrogen) atoms. The van der Waals surface area contributed by atoms with E-state index in [4.69, 9.17) is 5.73 Å². The summed E-state index contributed by atoms with van der Waals surface area (Å²) in [6.45, 7) is 2.38. The molecule has 0 bridgehead atoms. The number of aromatic nitrogens is 3. The van der Waals surface area contributed by atoms with Gasteiger partial charge in [0, 0.05) is 12.6 Å². The van der Waals surface area contributed by atoms with Crippen LogP contribution in [0, 0.1) is 5.92 Å². The van der Waals surface area contributed by atoms with Crippen molar-refractivity contribution in [3.8, 4) is 0 Å². The van der Waals surface area contributed by atoms with Gasteiger partial charge in [-0.15, -0.1) is 10.2 Å². The number of nitrogens with one attached hydrogen (secondary N) is 1. The number of nitrogens with two attached hydrogens (primary N) is 1. The van der Waals surface area contributed by atoms with E-state index in [1.54, 1.807) is 10.9 Å². The van der Waals surface area contributed by atoms with E-state index >= 15 is 0 Å². The van der Waals surface area contributed by atoms with E-state index in [-0.39, 0.29) is 17.4 Å². The number of aryl methyl sites for hydroxylation is 1. The maximum atomic E-state index is 12.2. The molecule has 6 nitrogen and oxygen atoms in total. The quantitative estimate of drug-likeness (QED) is 0.811. The number of hydrogen-bond donors (Lipinski definition) is 2. The molecule has 1 saturated carbocycles. The average Bonchev–Trinajstić information content (AvgIpc) is 2.71. The van der Waals surface area contributed by atoms with E-state index in [2.05, 4.69) is 15.5 Å². The van der Waals surface area contributed by atoms with E-state index in [0.29, 0.717) is 6.54 Å². The highest BCUT2D eigenvalue weighted by molar-refractivity contribution is 5.80. The molecule has 1 fully saturated rings. The summed E-state index contributed by atoms with van der Waals surface area (Å²) in [6.07, 6.45) is 5.59. The fraction of sp³-hybridized carbons (Fsp3) is 0.750. The Hall–Kier alpha value is -1.43. The number of nitrogens with zero attached hydrogens (tertiary/aromatic N) is 3. The van der Waals surface area contributed by atoms with Crippen molar-refractivity contribution >= 4 is 5.91 Å². The summed E-state index contributed by atoms with van der Waals surface area (Å²) in [4.78, 5) is 12.2. The van der Waals surface area contributed by atoms with Crippen molar-refractivity contribution in [1.29, 1.82) is 0 Å². The Balaban J connectivity index is 1.93. The van der Waals surface area contributed by atoms with Gasteiger partial charge in [0.05, 0.1) is 12.5 Å². The van der Waals surface area contributed by atoms with Crippen molar-refractivity contribution in [2.75, 3.05) is 0 Å². The third-order valence-electron chi connectivity index (χ3n) is 3.80. The van der Waals surface area contributed by atoms with Crippen LogP contribution in [0.15, 0.2) is 6.33 Å². The Labute approximate surface area is 107 Å². The summed E-state index contributed by atoms with van der Waals surface area (Å²) in [7, 11) is 1.86. The predicted octanol–water partition coefficient (Wildman–Crippen LogP) is 0.339. The first-order valence-electron chi connectivity index (χ1n) is 6.40. The molecule has 1 aliphatic carbocycles. The zero-order valence-electron chi connectivity index (χ0n) is 11.0. The Bertz CT molecular complexity index is 426. The summed E-state index contributed by atoms with van der Waals surface area (Å²) in [5, 5.41) is 10.6. The highest BCUT2D eigenvalue weighted by atomic mass is 16.1. The molecule has 0 radical (unpaired) electrons. The van der Waals surface area contributed by atoms with Crippen molar-refractivity contribution in [3.63, 3.8) is 0 Å². The van der Waals surface area contributed by atoms with Crippen molar-refractivity contribution in [1.82, 2.24) is 20.1 Å². The Kier molecular flexibility index (Phi) is 3.65. The smallest absolute Gasteiger partial charge is 0.225 e. The van der Waals surface area contributed by atoms with Crippen LogP contribution in [0.1, 0.15) is 38.4 Å². The highest BCUT2D eigenvalue weighted by Crippen LogP contribution is 2.31. The lowest BCUT2D eigenvalue weighted by Gasteiger charge is -2.37. The van der Waals surface area contributed by atoms with E-state index < -0.39 is 0 Å². The molecule has 0 aromatic carbocycles. The van der Waals surface area contributed by atoms with Crippen molar-refractivity contribution in [2.24, 2.45) is 18.7 Å². The molecular weight excluding hydrogens is 230 g/mol. The van der Waals surface area contributed by atoms with E-state index in [1.165, 1.54) is 0 Å². The largest absolute Gasteiger partial charge is 0.348 e. The first-order chi connectivity index (χ1) is 8.50. The SMILES string of the molecule is Cn1cnnc1CNC(=O)C1CCCCC1(C)N. The Morgan fingerprint density at radius 3 is 3.06 bits per heavy atom. The zero-order valence-corrected chi connectivity index (χ0v) is 11.0. The lowest BCUT2D eigenvalue weighted by atomic mass is 9.74. The van der Waals surface area contributed by atoms with Gasteiger partial charge in [0.25, 0.3) is 0 Å². The number of carbonyl (C=O) groups excluding carboxylic acids is 1. The molecule has 1 aromatic rings. The normalized spacial score (nSPS) is 28.1. The summed E-state index contributed by atoms with van der Waals surface area (Å²) in [5.74, 6) is 0.681. The van der Waals surface area contributed by atoms with Gasteiger partial charge >= 0.3 is 0 Å². The summed E-state index contributed by atoms with van der Waals surface area (Å²) in [5.41, 5.74) is 5.82. The van der Waals surface area contributed by atoms with Gasteiger partial charge in [-0.2, -0.15) is 0 Å². The summed E-state index contributed by atoms with van der Waals surface area (Å²) in [6, 6.07) is 0. The second kappa shape index (κ2) is 5.06. The molecule has 1 aromatic heterocycles. The van der Waals surface area contributed by atoms with Gasteiger partial charge in [-0.05, 0) is 19.8 Å². The van der Waals surface area contributed by atoms with E-state index in [1.807, 2.05) is 14.0 Å². The highest BCUT2D eigenvalue weighted by Gasteiger charge is 2.37. The van der Waals surface area contributed by atoms with Gasteiger partial charge in [-0.25, -0.2) is 0 Å². The maximum absolute atomic E-state index is 12.2. The number of amides is 1.